The Morgan fingerprint density at radius 3 is 2.87 bits per heavy atom. The number of rotatable bonds is 2. The summed E-state index contributed by atoms with van der Waals surface area (Å²) in [4.78, 5) is 11.4. The number of nitrogens with zero attached hydrogens (tertiary/aromatic N) is 1. The summed E-state index contributed by atoms with van der Waals surface area (Å²) in [5.41, 5.74) is 0.554. The van der Waals surface area contributed by atoms with Crippen molar-refractivity contribution in [3.05, 3.63) is 32.8 Å². The SMILES string of the molecule is CCOC(=O)c1cc(Br)c(Cl)c(C#N)c1. The van der Waals surface area contributed by atoms with Crippen molar-refractivity contribution in [3.8, 4) is 6.07 Å². The zero-order valence-electron chi connectivity index (χ0n) is 7.88. The van der Waals surface area contributed by atoms with E-state index in [2.05, 4.69) is 15.9 Å². The van der Waals surface area contributed by atoms with E-state index in [9.17, 15) is 4.79 Å². The summed E-state index contributed by atoms with van der Waals surface area (Å²) in [6.45, 7) is 2.01. The predicted octanol–water partition coefficient (Wildman–Crippen LogP) is 3.15. The summed E-state index contributed by atoms with van der Waals surface area (Å²) >= 11 is 8.99. The molecule has 1 aromatic carbocycles. The van der Waals surface area contributed by atoms with Gasteiger partial charge in [-0.15, -0.1) is 0 Å². The first-order valence-electron chi connectivity index (χ1n) is 4.16. The van der Waals surface area contributed by atoms with Crippen molar-refractivity contribution < 1.29 is 9.53 Å². The fraction of sp³-hybridized carbons (Fsp3) is 0.200. The zero-order chi connectivity index (χ0) is 11.4. The van der Waals surface area contributed by atoms with Crippen LogP contribution in [0.3, 0.4) is 0 Å². The van der Waals surface area contributed by atoms with Gasteiger partial charge in [0.2, 0.25) is 0 Å². The molecule has 0 aliphatic rings. The van der Waals surface area contributed by atoms with Gasteiger partial charge in [-0.3, -0.25) is 0 Å². The number of carbonyl (C=O) groups excluding carboxylic acids is 1. The molecule has 0 N–H and O–H groups in total. The molecule has 0 atom stereocenters. The molecule has 0 radical (unpaired) electrons. The van der Waals surface area contributed by atoms with Crippen LogP contribution < -0.4 is 0 Å². The molecular formula is C10H7BrClNO2. The monoisotopic (exact) mass is 287 g/mol. The highest BCUT2D eigenvalue weighted by atomic mass is 79.9. The minimum absolute atomic E-state index is 0.245. The van der Waals surface area contributed by atoms with Crippen LogP contribution >= 0.6 is 27.5 Å². The fourth-order valence-corrected chi connectivity index (χ4v) is 1.61. The van der Waals surface area contributed by atoms with Gasteiger partial charge in [0.05, 0.1) is 22.8 Å². The van der Waals surface area contributed by atoms with E-state index >= 15 is 0 Å². The van der Waals surface area contributed by atoms with E-state index in [0.29, 0.717) is 21.7 Å². The van der Waals surface area contributed by atoms with Crippen molar-refractivity contribution in [2.24, 2.45) is 0 Å². The third-order valence-corrected chi connectivity index (χ3v) is 2.92. The Bertz CT molecular complexity index is 440. The average molecular weight is 289 g/mol. The van der Waals surface area contributed by atoms with E-state index in [1.54, 1.807) is 6.92 Å². The van der Waals surface area contributed by atoms with Crippen molar-refractivity contribution in [2.45, 2.75) is 6.92 Å². The van der Waals surface area contributed by atoms with Crippen molar-refractivity contribution in [1.82, 2.24) is 0 Å². The maximum atomic E-state index is 11.4. The number of esters is 1. The smallest absolute Gasteiger partial charge is 0.338 e. The lowest BCUT2D eigenvalue weighted by atomic mass is 10.1. The van der Waals surface area contributed by atoms with Gasteiger partial charge in [0.1, 0.15) is 6.07 Å². The number of halogens is 2. The summed E-state index contributed by atoms with van der Waals surface area (Å²) in [7, 11) is 0. The van der Waals surface area contributed by atoms with Gasteiger partial charge in [0.25, 0.3) is 0 Å². The van der Waals surface area contributed by atoms with Crippen molar-refractivity contribution >= 4 is 33.5 Å². The lowest BCUT2D eigenvalue weighted by Crippen LogP contribution is -2.05. The predicted molar refractivity (Wildman–Crippen MR) is 59.8 cm³/mol. The number of hydrogen-bond acceptors (Lipinski definition) is 3. The molecule has 0 aromatic heterocycles. The van der Waals surface area contributed by atoms with Gasteiger partial charge in [0.15, 0.2) is 0 Å². The Kier molecular flexibility index (Phi) is 4.13. The molecule has 5 heteroatoms. The minimum Gasteiger partial charge on any atom is -0.462 e. The highest BCUT2D eigenvalue weighted by Crippen LogP contribution is 2.27. The second-order valence-corrected chi connectivity index (χ2v) is 3.88. The van der Waals surface area contributed by atoms with Crippen LogP contribution in [0.4, 0.5) is 0 Å². The molecule has 0 spiro atoms. The molecule has 0 amide bonds. The summed E-state index contributed by atoms with van der Waals surface area (Å²) in [6.07, 6.45) is 0. The van der Waals surface area contributed by atoms with Crippen molar-refractivity contribution in [3.63, 3.8) is 0 Å². The first-order chi connectivity index (χ1) is 7.10. The molecule has 0 saturated heterocycles. The second kappa shape index (κ2) is 5.15. The Labute approximate surface area is 101 Å². The van der Waals surface area contributed by atoms with Crippen LogP contribution in [0.25, 0.3) is 0 Å². The zero-order valence-corrected chi connectivity index (χ0v) is 10.2. The van der Waals surface area contributed by atoms with Crippen LogP contribution in [-0.4, -0.2) is 12.6 Å². The van der Waals surface area contributed by atoms with E-state index in [-0.39, 0.29) is 5.56 Å². The molecule has 1 aromatic rings. The topological polar surface area (TPSA) is 50.1 Å². The van der Waals surface area contributed by atoms with Crippen molar-refractivity contribution in [2.75, 3.05) is 6.61 Å². The first kappa shape index (κ1) is 12.0. The molecular weight excluding hydrogens is 281 g/mol. The molecule has 0 bridgehead atoms. The summed E-state index contributed by atoms with van der Waals surface area (Å²) in [5, 5.41) is 9.07. The van der Waals surface area contributed by atoms with E-state index in [4.69, 9.17) is 21.6 Å². The Morgan fingerprint density at radius 2 is 2.33 bits per heavy atom. The molecule has 0 heterocycles. The molecule has 0 saturated carbocycles. The molecule has 15 heavy (non-hydrogen) atoms. The van der Waals surface area contributed by atoms with Gasteiger partial charge in [-0.2, -0.15) is 5.26 Å². The first-order valence-corrected chi connectivity index (χ1v) is 5.33. The van der Waals surface area contributed by atoms with Crippen LogP contribution in [0.15, 0.2) is 16.6 Å². The lowest BCUT2D eigenvalue weighted by Gasteiger charge is -2.04. The van der Waals surface area contributed by atoms with Gasteiger partial charge in [-0.05, 0) is 35.0 Å². The third-order valence-electron chi connectivity index (χ3n) is 1.66. The van der Waals surface area contributed by atoms with Crippen molar-refractivity contribution in [1.29, 1.82) is 5.26 Å². The van der Waals surface area contributed by atoms with Crippen LogP contribution in [0.2, 0.25) is 5.02 Å². The quantitative estimate of drug-likeness (QED) is 0.786. The molecule has 0 unspecified atom stereocenters. The van der Waals surface area contributed by atoms with E-state index in [1.165, 1.54) is 12.1 Å². The average Bonchev–Trinajstić information content (AvgIpc) is 2.22. The highest BCUT2D eigenvalue weighted by Gasteiger charge is 2.12. The number of ether oxygens (including phenoxy) is 1. The molecule has 3 nitrogen and oxygen atoms in total. The van der Waals surface area contributed by atoms with Gasteiger partial charge in [0, 0.05) is 4.47 Å². The number of carbonyl (C=O) groups is 1. The van der Waals surface area contributed by atoms with E-state index < -0.39 is 5.97 Å². The summed E-state index contributed by atoms with van der Waals surface area (Å²) in [6, 6.07) is 4.84. The van der Waals surface area contributed by atoms with Crippen LogP contribution in [0.1, 0.15) is 22.8 Å². The Hall–Kier alpha value is -1.05. The maximum Gasteiger partial charge on any atom is 0.338 e. The minimum atomic E-state index is -0.466. The molecule has 0 aliphatic heterocycles. The maximum absolute atomic E-state index is 11.4. The Morgan fingerprint density at radius 1 is 1.67 bits per heavy atom. The molecule has 1 rings (SSSR count). The summed E-state index contributed by atoms with van der Waals surface area (Å²) < 4.78 is 5.32. The largest absolute Gasteiger partial charge is 0.462 e. The molecule has 0 fully saturated rings. The van der Waals surface area contributed by atoms with Gasteiger partial charge in [-0.1, -0.05) is 11.6 Å². The van der Waals surface area contributed by atoms with Crippen LogP contribution in [-0.2, 0) is 4.74 Å². The molecule has 0 aliphatic carbocycles. The van der Waals surface area contributed by atoms with E-state index in [1.807, 2.05) is 6.07 Å². The van der Waals surface area contributed by atoms with Crippen LogP contribution in [0, 0.1) is 11.3 Å². The van der Waals surface area contributed by atoms with Gasteiger partial charge < -0.3 is 4.74 Å². The normalized spacial score (nSPS) is 9.47. The second-order valence-electron chi connectivity index (χ2n) is 2.65. The Balaban J connectivity index is 3.18. The fourth-order valence-electron chi connectivity index (χ4n) is 1.00. The van der Waals surface area contributed by atoms with Gasteiger partial charge in [-0.25, -0.2) is 4.79 Å². The number of hydrogen-bond donors (Lipinski definition) is 0. The van der Waals surface area contributed by atoms with Gasteiger partial charge >= 0.3 is 5.97 Å². The number of benzene rings is 1. The van der Waals surface area contributed by atoms with E-state index in [0.717, 1.165) is 0 Å². The summed E-state index contributed by atoms with van der Waals surface area (Å²) in [5.74, 6) is -0.466. The van der Waals surface area contributed by atoms with Crippen LogP contribution in [0.5, 0.6) is 0 Å². The highest BCUT2D eigenvalue weighted by molar-refractivity contribution is 9.10. The lowest BCUT2D eigenvalue weighted by molar-refractivity contribution is 0.0526. The third kappa shape index (κ3) is 2.71. The number of nitriles is 1. The molecule has 78 valence electrons. The standard InChI is InChI=1S/C10H7BrClNO2/c1-2-15-10(14)6-3-7(5-13)9(12)8(11)4-6/h3-4H,2H2,1H3.